The lowest BCUT2D eigenvalue weighted by molar-refractivity contribution is -0.148. The molecule has 0 aromatic rings. The van der Waals surface area contributed by atoms with Crippen molar-refractivity contribution < 1.29 is 9.53 Å². The largest absolute Gasteiger partial charge is 0.464 e. The van der Waals surface area contributed by atoms with E-state index in [1.54, 1.807) is 0 Å². The Balaban J connectivity index is 3.58. The van der Waals surface area contributed by atoms with Crippen molar-refractivity contribution in [2.24, 2.45) is 5.92 Å². The summed E-state index contributed by atoms with van der Waals surface area (Å²) in [5.74, 6) is -0.163. The highest BCUT2D eigenvalue weighted by molar-refractivity contribution is 5.71. The van der Waals surface area contributed by atoms with Crippen LogP contribution in [0.2, 0.25) is 0 Å². The first-order valence-corrected chi connectivity index (χ1v) is 4.86. The molecule has 3 heteroatoms. The fourth-order valence-electron chi connectivity index (χ4n) is 0.991. The predicted octanol–water partition coefficient (Wildman–Crippen LogP) is 1.57. The summed E-state index contributed by atoms with van der Waals surface area (Å²) < 4.78 is 5.06. The third kappa shape index (κ3) is 6.58. The predicted molar refractivity (Wildman–Crippen MR) is 53.5 cm³/mol. The average Bonchev–Trinajstić information content (AvgIpc) is 1.98. The van der Waals surface area contributed by atoms with Crippen molar-refractivity contribution in [1.29, 1.82) is 0 Å². The summed E-state index contributed by atoms with van der Waals surface area (Å²) in [6.07, 6.45) is 0. The molecule has 0 aliphatic carbocycles. The van der Waals surface area contributed by atoms with Crippen molar-refractivity contribution in [3.05, 3.63) is 0 Å². The van der Waals surface area contributed by atoms with E-state index in [1.165, 1.54) is 0 Å². The molecule has 78 valence electrons. The van der Waals surface area contributed by atoms with Gasteiger partial charge in [0.05, 0.1) is 5.92 Å². The number of esters is 1. The minimum absolute atomic E-state index is 0.0359. The zero-order chi connectivity index (χ0) is 10.4. The van der Waals surface area contributed by atoms with E-state index in [9.17, 15) is 4.79 Å². The topological polar surface area (TPSA) is 38.3 Å². The molecular formula is C10H21NO2. The van der Waals surface area contributed by atoms with Crippen molar-refractivity contribution >= 4 is 5.97 Å². The van der Waals surface area contributed by atoms with Crippen LogP contribution in [0.1, 0.15) is 34.6 Å². The lowest BCUT2D eigenvalue weighted by Gasteiger charge is -2.17. The van der Waals surface area contributed by atoms with Gasteiger partial charge in [0.1, 0.15) is 6.61 Å². The number of hydrogen-bond acceptors (Lipinski definition) is 3. The maximum atomic E-state index is 11.1. The van der Waals surface area contributed by atoms with Gasteiger partial charge in [-0.1, -0.05) is 27.7 Å². The molecule has 0 saturated heterocycles. The van der Waals surface area contributed by atoms with E-state index >= 15 is 0 Å². The number of hydrogen-bond donors (Lipinski definition) is 1. The van der Waals surface area contributed by atoms with Crippen molar-refractivity contribution in [1.82, 2.24) is 5.32 Å². The summed E-state index contributed by atoms with van der Waals surface area (Å²) in [6.45, 7) is 10.3. The quantitative estimate of drug-likeness (QED) is 0.664. The first kappa shape index (κ1) is 12.4. The normalized spacial score (nSPS) is 13.5. The van der Waals surface area contributed by atoms with Gasteiger partial charge >= 0.3 is 5.97 Å². The average molecular weight is 187 g/mol. The van der Waals surface area contributed by atoms with Gasteiger partial charge in [-0.3, -0.25) is 4.79 Å². The molecular weight excluding hydrogens is 166 g/mol. The highest BCUT2D eigenvalue weighted by atomic mass is 16.5. The van der Waals surface area contributed by atoms with Crippen molar-refractivity contribution in [3.8, 4) is 0 Å². The van der Waals surface area contributed by atoms with Crippen LogP contribution < -0.4 is 5.32 Å². The molecule has 0 amide bonds. The second-order valence-corrected chi connectivity index (χ2v) is 4.01. The molecule has 0 unspecified atom stereocenters. The summed E-state index contributed by atoms with van der Waals surface area (Å²) in [5.41, 5.74) is 0. The summed E-state index contributed by atoms with van der Waals surface area (Å²) in [7, 11) is 0. The van der Waals surface area contributed by atoms with E-state index in [-0.39, 0.29) is 17.9 Å². The van der Waals surface area contributed by atoms with Crippen molar-refractivity contribution in [2.75, 3.05) is 6.61 Å². The highest BCUT2D eigenvalue weighted by Gasteiger charge is 2.10. The van der Waals surface area contributed by atoms with Crippen LogP contribution in [0, 0.1) is 5.92 Å². The molecule has 0 aromatic heterocycles. The van der Waals surface area contributed by atoms with Crippen LogP contribution in [0.3, 0.4) is 0 Å². The minimum Gasteiger partial charge on any atom is -0.464 e. The minimum atomic E-state index is -0.127. The molecule has 1 atom stereocenters. The number of nitrogens with one attached hydrogen (secondary N) is 1. The smallest absolute Gasteiger partial charge is 0.308 e. The van der Waals surface area contributed by atoms with Crippen LogP contribution >= 0.6 is 0 Å². The molecule has 0 bridgehead atoms. The molecule has 0 radical (unpaired) electrons. The molecule has 1 N–H and O–H groups in total. The molecule has 3 nitrogen and oxygen atoms in total. The molecule has 0 aromatic carbocycles. The van der Waals surface area contributed by atoms with Gasteiger partial charge in [0.15, 0.2) is 0 Å². The van der Waals surface area contributed by atoms with Gasteiger partial charge in [0.2, 0.25) is 0 Å². The van der Waals surface area contributed by atoms with Crippen molar-refractivity contribution in [3.63, 3.8) is 0 Å². The standard InChI is InChI=1S/C10H21NO2/c1-7(2)10(12)13-6-9(5)11-8(3)4/h7-9,11H,6H2,1-5H3/t9-/m1/s1. The van der Waals surface area contributed by atoms with Crippen LogP contribution in [-0.2, 0) is 9.53 Å². The van der Waals surface area contributed by atoms with Crippen molar-refractivity contribution in [2.45, 2.75) is 46.7 Å². The maximum Gasteiger partial charge on any atom is 0.308 e. The Morgan fingerprint density at radius 2 is 1.77 bits per heavy atom. The molecule has 0 aliphatic heterocycles. The van der Waals surface area contributed by atoms with Gasteiger partial charge < -0.3 is 10.1 Å². The lowest BCUT2D eigenvalue weighted by Crippen LogP contribution is -2.36. The van der Waals surface area contributed by atoms with E-state index in [1.807, 2.05) is 20.8 Å². The zero-order valence-electron chi connectivity index (χ0n) is 9.26. The first-order chi connectivity index (χ1) is 5.93. The summed E-state index contributed by atoms with van der Waals surface area (Å²) in [6, 6.07) is 0.649. The Labute approximate surface area is 80.8 Å². The number of rotatable bonds is 5. The van der Waals surface area contributed by atoms with Crippen LogP contribution in [0.4, 0.5) is 0 Å². The Hall–Kier alpha value is -0.570. The highest BCUT2D eigenvalue weighted by Crippen LogP contribution is 1.97. The summed E-state index contributed by atoms with van der Waals surface area (Å²) >= 11 is 0. The van der Waals surface area contributed by atoms with Crippen LogP contribution in [0.15, 0.2) is 0 Å². The Bertz CT molecular complexity index is 155. The summed E-state index contributed by atoms with van der Waals surface area (Å²) in [4.78, 5) is 11.1. The van der Waals surface area contributed by atoms with Gasteiger partial charge in [0.25, 0.3) is 0 Å². The van der Waals surface area contributed by atoms with Gasteiger partial charge in [-0.25, -0.2) is 0 Å². The first-order valence-electron chi connectivity index (χ1n) is 4.86. The molecule has 0 fully saturated rings. The third-order valence-corrected chi connectivity index (χ3v) is 1.56. The number of ether oxygens (including phenoxy) is 1. The Morgan fingerprint density at radius 3 is 2.15 bits per heavy atom. The van der Waals surface area contributed by atoms with Gasteiger partial charge in [-0.15, -0.1) is 0 Å². The second-order valence-electron chi connectivity index (χ2n) is 4.01. The Kier molecular flexibility index (Phi) is 5.71. The molecule has 0 saturated carbocycles. The maximum absolute atomic E-state index is 11.1. The van der Waals surface area contributed by atoms with Gasteiger partial charge in [0, 0.05) is 12.1 Å². The van der Waals surface area contributed by atoms with E-state index in [0.717, 1.165) is 0 Å². The molecule has 13 heavy (non-hydrogen) atoms. The van der Waals surface area contributed by atoms with E-state index in [4.69, 9.17) is 4.74 Å². The SMILES string of the molecule is CC(C)N[C@H](C)COC(=O)C(C)C. The summed E-state index contributed by atoms with van der Waals surface area (Å²) in [5, 5.41) is 3.26. The number of carbonyl (C=O) groups excluding carboxylic acids is 1. The number of carbonyl (C=O) groups is 1. The lowest BCUT2D eigenvalue weighted by atomic mass is 10.2. The fraction of sp³-hybridized carbons (Fsp3) is 0.900. The van der Waals surface area contributed by atoms with Crippen LogP contribution in [-0.4, -0.2) is 24.7 Å². The monoisotopic (exact) mass is 187 g/mol. The second kappa shape index (κ2) is 5.97. The van der Waals surface area contributed by atoms with Gasteiger partial charge in [-0.05, 0) is 6.92 Å². The zero-order valence-corrected chi connectivity index (χ0v) is 9.26. The molecule has 0 spiro atoms. The van der Waals surface area contributed by atoms with E-state index in [2.05, 4.69) is 19.2 Å². The van der Waals surface area contributed by atoms with Crippen LogP contribution in [0.25, 0.3) is 0 Å². The molecule has 0 aliphatic rings. The van der Waals surface area contributed by atoms with Crippen LogP contribution in [0.5, 0.6) is 0 Å². The fourth-order valence-corrected chi connectivity index (χ4v) is 0.991. The Morgan fingerprint density at radius 1 is 1.23 bits per heavy atom. The molecule has 0 heterocycles. The van der Waals surface area contributed by atoms with E-state index < -0.39 is 0 Å². The van der Waals surface area contributed by atoms with Gasteiger partial charge in [-0.2, -0.15) is 0 Å². The molecule has 0 rings (SSSR count). The van der Waals surface area contributed by atoms with E-state index in [0.29, 0.717) is 12.6 Å². The third-order valence-electron chi connectivity index (χ3n) is 1.56.